The molecule has 108 valence electrons. The van der Waals surface area contributed by atoms with Crippen molar-refractivity contribution < 1.29 is 14.7 Å². The van der Waals surface area contributed by atoms with Gasteiger partial charge in [0, 0.05) is 0 Å². The first-order valence-corrected chi connectivity index (χ1v) is 7.06. The smallest absolute Gasteiger partial charge is 0.238 e. The van der Waals surface area contributed by atoms with Crippen LogP contribution < -0.4 is 4.90 Å². The molecule has 21 heavy (non-hydrogen) atoms. The molecule has 1 saturated carbocycles. The molecule has 1 aromatic heterocycles. The maximum absolute atomic E-state index is 12.5. The van der Waals surface area contributed by atoms with Crippen molar-refractivity contribution in [1.82, 2.24) is 4.98 Å². The second-order valence-corrected chi connectivity index (χ2v) is 5.64. The zero-order chi connectivity index (χ0) is 15.0. The minimum atomic E-state index is -0.254. The number of pyridine rings is 1. The van der Waals surface area contributed by atoms with Gasteiger partial charge < -0.3 is 5.11 Å². The number of amides is 2. The van der Waals surface area contributed by atoms with Crippen LogP contribution in [0.2, 0.25) is 0 Å². The summed E-state index contributed by atoms with van der Waals surface area (Å²) < 4.78 is 0. The van der Waals surface area contributed by atoms with Gasteiger partial charge >= 0.3 is 0 Å². The van der Waals surface area contributed by atoms with Crippen molar-refractivity contribution in [1.29, 1.82) is 0 Å². The highest BCUT2D eigenvalue weighted by Gasteiger charge is 2.52. The van der Waals surface area contributed by atoms with E-state index in [-0.39, 0.29) is 30.3 Å². The molecule has 3 rings (SSSR count). The molecule has 0 bridgehead atoms. The lowest BCUT2D eigenvalue weighted by molar-refractivity contribution is -0.123. The zero-order valence-electron chi connectivity index (χ0n) is 11.7. The summed E-state index contributed by atoms with van der Waals surface area (Å²) in [5.74, 6) is 5.27. The summed E-state index contributed by atoms with van der Waals surface area (Å²) in [6.07, 6.45) is 1.55. The normalized spacial score (nSPS) is 27.5. The molecule has 2 fully saturated rings. The fraction of sp³-hybridized carbons (Fsp3) is 0.438. The number of imide groups is 1. The molecule has 5 heteroatoms. The Morgan fingerprint density at radius 2 is 1.95 bits per heavy atom. The molecule has 2 amide bonds. The van der Waals surface area contributed by atoms with E-state index in [1.807, 2.05) is 0 Å². The van der Waals surface area contributed by atoms with Gasteiger partial charge in [-0.3, -0.25) is 9.59 Å². The van der Waals surface area contributed by atoms with E-state index in [0.29, 0.717) is 17.4 Å². The molecular formula is C16H16N2O3. The predicted molar refractivity (Wildman–Crippen MR) is 76.1 cm³/mol. The fourth-order valence-electron chi connectivity index (χ4n) is 3.25. The van der Waals surface area contributed by atoms with Gasteiger partial charge in [-0.15, -0.1) is 0 Å². The second kappa shape index (κ2) is 5.30. The number of rotatable bonds is 1. The van der Waals surface area contributed by atoms with Gasteiger partial charge in [0.25, 0.3) is 0 Å². The van der Waals surface area contributed by atoms with E-state index in [4.69, 9.17) is 5.11 Å². The number of aliphatic hydroxyl groups excluding tert-OH is 1. The standard InChI is InChI=1S/C16H16N2O3/c1-10-8-12-13(9-10)16(21)18(15(12)20)14-6-2-4-11(17-14)5-3-7-19/h2,4,6,10,12-13,19H,7-9H2,1H3. The Hall–Kier alpha value is -2.19. The molecule has 1 saturated heterocycles. The quantitative estimate of drug-likeness (QED) is 0.616. The van der Waals surface area contributed by atoms with Crippen LogP contribution in [0.3, 0.4) is 0 Å². The Labute approximate surface area is 123 Å². The highest BCUT2D eigenvalue weighted by atomic mass is 16.2. The third kappa shape index (κ3) is 2.32. The number of carbonyl (C=O) groups excluding carboxylic acids is 2. The number of aliphatic hydroxyl groups is 1. The lowest BCUT2D eigenvalue weighted by Gasteiger charge is -2.15. The minimum Gasteiger partial charge on any atom is -0.384 e. The number of nitrogens with zero attached hydrogens (tertiary/aromatic N) is 2. The van der Waals surface area contributed by atoms with E-state index in [2.05, 4.69) is 23.7 Å². The molecule has 0 aromatic carbocycles. The summed E-state index contributed by atoms with van der Waals surface area (Å²) in [6, 6.07) is 5.03. The third-order valence-corrected chi connectivity index (χ3v) is 4.13. The van der Waals surface area contributed by atoms with Gasteiger partial charge in [0.05, 0.1) is 11.8 Å². The van der Waals surface area contributed by atoms with Gasteiger partial charge in [0.15, 0.2) is 0 Å². The Morgan fingerprint density at radius 3 is 2.57 bits per heavy atom. The van der Waals surface area contributed by atoms with Crippen LogP contribution in [-0.4, -0.2) is 28.5 Å². The van der Waals surface area contributed by atoms with Crippen LogP contribution in [0.15, 0.2) is 18.2 Å². The van der Waals surface area contributed by atoms with Crippen LogP contribution in [0.25, 0.3) is 0 Å². The molecule has 2 aliphatic rings. The highest BCUT2D eigenvalue weighted by Crippen LogP contribution is 2.43. The van der Waals surface area contributed by atoms with Crippen molar-refractivity contribution in [3.8, 4) is 11.8 Å². The van der Waals surface area contributed by atoms with E-state index >= 15 is 0 Å². The lowest BCUT2D eigenvalue weighted by atomic mass is 10.00. The summed E-state index contributed by atoms with van der Waals surface area (Å²) in [6.45, 7) is 1.82. The number of aromatic nitrogens is 1. The van der Waals surface area contributed by atoms with E-state index in [1.165, 1.54) is 4.90 Å². The highest BCUT2D eigenvalue weighted by molar-refractivity contribution is 6.21. The van der Waals surface area contributed by atoms with Crippen molar-refractivity contribution in [2.75, 3.05) is 11.5 Å². The van der Waals surface area contributed by atoms with Gasteiger partial charge in [-0.1, -0.05) is 18.9 Å². The van der Waals surface area contributed by atoms with Gasteiger partial charge in [0.1, 0.15) is 18.1 Å². The Kier molecular flexibility index (Phi) is 3.48. The van der Waals surface area contributed by atoms with E-state index in [0.717, 1.165) is 12.8 Å². The molecule has 5 nitrogen and oxygen atoms in total. The molecule has 2 unspecified atom stereocenters. The molecule has 1 aromatic rings. The van der Waals surface area contributed by atoms with Crippen LogP contribution in [0.1, 0.15) is 25.5 Å². The first kappa shape index (κ1) is 13.8. The Bertz CT molecular complexity index is 635. The van der Waals surface area contributed by atoms with Crippen LogP contribution in [0.4, 0.5) is 5.82 Å². The monoisotopic (exact) mass is 284 g/mol. The summed E-state index contributed by atoms with van der Waals surface area (Å²) in [4.78, 5) is 30.4. The van der Waals surface area contributed by atoms with Crippen molar-refractivity contribution in [3.05, 3.63) is 23.9 Å². The molecule has 1 N–H and O–H groups in total. The fourth-order valence-corrected chi connectivity index (χ4v) is 3.25. The molecule has 0 spiro atoms. The van der Waals surface area contributed by atoms with Crippen molar-refractivity contribution in [3.63, 3.8) is 0 Å². The maximum Gasteiger partial charge on any atom is 0.238 e. The van der Waals surface area contributed by atoms with E-state index in [9.17, 15) is 9.59 Å². The van der Waals surface area contributed by atoms with Gasteiger partial charge in [-0.2, -0.15) is 0 Å². The van der Waals surface area contributed by atoms with Crippen molar-refractivity contribution in [2.24, 2.45) is 17.8 Å². The predicted octanol–water partition coefficient (Wildman–Crippen LogP) is 0.961. The molecule has 2 atom stereocenters. The molecule has 1 aliphatic carbocycles. The number of fused-ring (bicyclic) bond motifs is 1. The number of carbonyl (C=O) groups is 2. The number of hydrogen-bond acceptors (Lipinski definition) is 4. The van der Waals surface area contributed by atoms with Gasteiger partial charge in [0.2, 0.25) is 11.8 Å². The lowest BCUT2D eigenvalue weighted by Crippen LogP contribution is -2.32. The topological polar surface area (TPSA) is 70.5 Å². The van der Waals surface area contributed by atoms with Crippen LogP contribution >= 0.6 is 0 Å². The SMILES string of the molecule is CC1CC2C(=O)N(c3cccc(C#CCO)n3)C(=O)C2C1. The van der Waals surface area contributed by atoms with E-state index in [1.54, 1.807) is 18.2 Å². The zero-order valence-corrected chi connectivity index (χ0v) is 11.7. The van der Waals surface area contributed by atoms with Crippen molar-refractivity contribution >= 4 is 17.6 Å². The molecule has 2 heterocycles. The number of anilines is 1. The van der Waals surface area contributed by atoms with Gasteiger partial charge in [-0.25, -0.2) is 9.88 Å². The Balaban J connectivity index is 1.91. The summed E-state index contributed by atoms with van der Waals surface area (Å²) in [7, 11) is 0. The Morgan fingerprint density at radius 1 is 1.29 bits per heavy atom. The maximum atomic E-state index is 12.5. The molecule has 0 radical (unpaired) electrons. The third-order valence-electron chi connectivity index (χ3n) is 4.13. The van der Waals surface area contributed by atoms with Crippen LogP contribution in [-0.2, 0) is 9.59 Å². The second-order valence-electron chi connectivity index (χ2n) is 5.64. The molecule has 1 aliphatic heterocycles. The minimum absolute atomic E-state index is 0.144. The summed E-state index contributed by atoms with van der Waals surface area (Å²) in [5.41, 5.74) is 0.438. The average Bonchev–Trinajstić information content (AvgIpc) is 2.96. The summed E-state index contributed by atoms with van der Waals surface area (Å²) in [5, 5.41) is 8.71. The largest absolute Gasteiger partial charge is 0.384 e. The van der Waals surface area contributed by atoms with Crippen molar-refractivity contribution in [2.45, 2.75) is 19.8 Å². The first-order valence-electron chi connectivity index (χ1n) is 7.06. The van der Waals surface area contributed by atoms with Gasteiger partial charge in [-0.05, 0) is 36.8 Å². The van der Waals surface area contributed by atoms with Crippen LogP contribution in [0.5, 0.6) is 0 Å². The summed E-state index contributed by atoms with van der Waals surface area (Å²) >= 11 is 0. The average molecular weight is 284 g/mol. The van der Waals surface area contributed by atoms with E-state index < -0.39 is 0 Å². The number of hydrogen-bond donors (Lipinski definition) is 1. The first-order chi connectivity index (χ1) is 10.1. The van der Waals surface area contributed by atoms with Crippen LogP contribution in [0, 0.1) is 29.6 Å². The molecular weight excluding hydrogens is 268 g/mol.